The van der Waals surface area contributed by atoms with Crippen LogP contribution in [0, 0.1) is 0 Å². The summed E-state index contributed by atoms with van der Waals surface area (Å²) in [6.07, 6.45) is 19.4. The maximum atomic E-state index is 5.55. The van der Waals surface area contributed by atoms with Crippen molar-refractivity contribution in [2.24, 2.45) is 0 Å². The molecule has 1 aliphatic carbocycles. The molecule has 0 radical (unpaired) electrons. The van der Waals surface area contributed by atoms with Crippen LogP contribution in [-0.4, -0.2) is 20.3 Å². The first-order chi connectivity index (χ1) is 9.90. The molecule has 0 aromatic heterocycles. The molecule has 2 rings (SSSR count). The van der Waals surface area contributed by atoms with E-state index in [0.29, 0.717) is 13.2 Å². The van der Waals surface area contributed by atoms with Crippen LogP contribution in [0.4, 0.5) is 0 Å². The second kappa shape index (κ2) is 9.20. The molecule has 0 bridgehead atoms. The van der Waals surface area contributed by atoms with Crippen LogP contribution in [0.25, 0.3) is 0 Å². The van der Waals surface area contributed by atoms with E-state index in [1.165, 1.54) is 56.0 Å². The largest absolute Gasteiger partial charge is 0.494 e. The van der Waals surface area contributed by atoms with Crippen molar-refractivity contribution in [1.29, 1.82) is 0 Å². The molecule has 0 amide bonds. The van der Waals surface area contributed by atoms with E-state index in [0.717, 1.165) is 6.42 Å². The van der Waals surface area contributed by atoms with E-state index in [-0.39, 0.29) is 7.12 Å². The molecule has 1 heterocycles. The van der Waals surface area contributed by atoms with E-state index in [1.54, 1.807) is 0 Å². The standard InChI is InChI=1S/C17H27BO2/c1-2-3-4-5-6-7-8-10-16-11-9-12-17(15-16)18-19-13-14-20-18/h9-10,12,15H,2-8,11,13-14H2,1H3. The highest BCUT2D eigenvalue weighted by Gasteiger charge is 2.27. The molecule has 1 saturated heterocycles. The van der Waals surface area contributed by atoms with Crippen LogP contribution in [0.15, 0.2) is 35.3 Å². The summed E-state index contributed by atoms with van der Waals surface area (Å²) >= 11 is 0. The third-order valence-corrected chi connectivity index (χ3v) is 3.87. The van der Waals surface area contributed by atoms with Crippen molar-refractivity contribution in [2.75, 3.05) is 13.2 Å². The van der Waals surface area contributed by atoms with Gasteiger partial charge >= 0.3 is 7.12 Å². The molecule has 0 unspecified atom stereocenters. The zero-order valence-corrected chi connectivity index (χ0v) is 12.8. The molecule has 2 nitrogen and oxygen atoms in total. The first-order valence-corrected chi connectivity index (χ1v) is 8.20. The average molecular weight is 274 g/mol. The highest BCUT2D eigenvalue weighted by Crippen LogP contribution is 2.21. The Kier molecular flexibility index (Phi) is 7.17. The first kappa shape index (κ1) is 15.6. The molecule has 0 N–H and O–H groups in total. The average Bonchev–Trinajstić information content (AvgIpc) is 3.01. The first-order valence-electron chi connectivity index (χ1n) is 8.20. The van der Waals surface area contributed by atoms with E-state index in [2.05, 4.69) is 31.2 Å². The molecule has 1 aliphatic heterocycles. The number of unbranched alkanes of at least 4 members (excludes halogenated alkanes) is 6. The Labute approximate surface area is 124 Å². The molecule has 0 atom stereocenters. The van der Waals surface area contributed by atoms with Crippen molar-refractivity contribution in [2.45, 2.75) is 58.3 Å². The van der Waals surface area contributed by atoms with E-state index in [9.17, 15) is 0 Å². The van der Waals surface area contributed by atoms with E-state index in [1.807, 2.05) is 0 Å². The van der Waals surface area contributed by atoms with Gasteiger partial charge in [-0.1, -0.05) is 63.3 Å². The van der Waals surface area contributed by atoms with Gasteiger partial charge in [0.25, 0.3) is 0 Å². The summed E-state index contributed by atoms with van der Waals surface area (Å²) < 4.78 is 11.1. The van der Waals surface area contributed by atoms with Crippen LogP contribution < -0.4 is 0 Å². The van der Waals surface area contributed by atoms with Gasteiger partial charge in [0.05, 0.1) is 13.2 Å². The highest BCUT2D eigenvalue weighted by atomic mass is 16.6. The Morgan fingerprint density at radius 2 is 1.85 bits per heavy atom. The molecule has 20 heavy (non-hydrogen) atoms. The lowest BCUT2D eigenvalue weighted by Crippen LogP contribution is -2.18. The smallest absolute Gasteiger partial charge is 0.405 e. The Morgan fingerprint density at radius 3 is 2.65 bits per heavy atom. The number of allylic oxidation sites excluding steroid dienone is 6. The summed E-state index contributed by atoms with van der Waals surface area (Å²) in [6.45, 7) is 3.70. The maximum absolute atomic E-state index is 5.55. The van der Waals surface area contributed by atoms with E-state index >= 15 is 0 Å². The second-order valence-electron chi connectivity index (χ2n) is 5.66. The summed E-state index contributed by atoms with van der Waals surface area (Å²) in [7, 11) is -0.135. The number of hydrogen-bond acceptors (Lipinski definition) is 2. The lowest BCUT2D eigenvalue weighted by molar-refractivity contribution is 0.365. The van der Waals surface area contributed by atoms with Gasteiger partial charge < -0.3 is 9.31 Å². The van der Waals surface area contributed by atoms with Gasteiger partial charge in [0.15, 0.2) is 0 Å². The van der Waals surface area contributed by atoms with Gasteiger partial charge in [-0.25, -0.2) is 0 Å². The minimum Gasteiger partial charge on any atom is -0.405 e. The highest BCUT2D eigenvalue weighted by molar-refractivity contribution is 6.55. The molecule has 2 aliphatic rings. The van der Waals surface area contributed by atoms with Gasteiger partial charge in [-0.3, -0.25) is 0 Å². The van der Waals surface area contributed by atoms with Crippen molar-refractivity contribution >= 4 is 7.12 Å². The minimum atomic E-state index is -0.135. The van der Waals surface area contributed by atoms with Crippen LogP contribution >= 0.6 is 0 Å². The Morgan fingerprint density at radius 1 is 1.10 bits per heavy atom. The summed E-state index contributed by atoms with van der Waals surface area (Å²) in [6, 6.07) is 0. The predicted octanol–water partition coefficient (Wildman–Crippen LogP) is 4.62. The second-order valence-corrected chi connectivity index (χ2v) is 5.66. The van der Waals surface area contributed by atoms with Crippen molar-refractivity contribution in [1.82, 2.24) is 0 Å². The molecular weight excluding hydrogens is 247 g/mol. The zero-order valence-electron chi connectivity index (χ0n) is 12.8. The quantitative estimate of drug-likeness (QED) is 0.475. The zero-order chi connectivity index (χ0) is 14.0. The minimum absolute atomic E-state index is 0.135. The van der Waals surface area contributed by atoms with Gasteiger partial charge in [-0.15, -0.1) is 0 Å². The molecule has 0 aromatic carbocycles. The Bertz CT molecular complexity index is 365. The molecule has 0 saturated carbocycles. The molecule has 0 spiro atoms. The normalized spacial score (nSPS) is 20.8. The van der Waals surface area contributed by atoms with E-state index in [4.69, 9.17) is 9.31 Å². The van der Waals surface area contributed by atoms with Gasteiger partial charge in [0.2, 0.25) is 0 Å². The predicted molar refractivity (Wildman–Crippen MR) is 85.6 cm³/mol. The van der Waals surface area contributed by atoms with Crippen LogP contribution in [0.1, 0.15) is 58.3 Å². The molecular formula is C17H27BO2. The van der Waals surface area contributed by atoms with Crippen molar-refractivity contribution in [3.8, 4) is 0 Å². The summed E-state index contributed by atoms with van der Waals surface area (Å²) in [5.74, 6) is 0. The fourth-order valence-electron chi connectivity index (χ4n) is 2.70. The van der Waals surface area contributed by atoms with E-state index < -0.39 is 0 Å². The maximum Gasteiger partial charge on any atom is 0.494 e. The van der Waals surface area contributed by atoms with Gasteiger partial charge in [0.1, 0.15) is 0 Å². The Hall–Kier alpha value is -0.795. The lowest BCUT2D eigenvalue weighted by Gasteiger charge is -2.11. The van der Waals surface area contributed by atoms with Crippen molar-refractivity contribution in [3.05, 3.63) is 35.3 Å². The third kappa shape index (κ3) is 5.30. The fourth-order valence-corrected chi connectivity index (χ4v) is 2.70. The molecule has 3 heteroatoms. The fraction of sp³-hybridized carbons (Fsp3) is 0.647. The van der Waals surface area contributed by atoms with Crippen molar-refractivity contribution in [3.63, 3.8) is 0 Å². The number of rotatable bonds is 8. The van der Waals surface area contributed by atoms with Crippen molar-refractivity contribution < 1.29 is 9.31 Å². The van der Waals surface area contributed by atoms with Crippen LogP contribution in [0.2, 0.25) is 0 Å². The SMILES string of the molecule is CCCCCCCCC=C1C=C(B2OCCO2)C=CC1. The third-order valence-electron chi connectivity index (χ3n) is 3.87. The van der Waals surface area contributed by atoms with Gasteiger partial charge in [-0.05, 0) is 30.3 Å². The van der Waals surface area contributed by atoms with Crippen LogP contribution in [0.5, 0.6) is 0 Å². The summed E-state index contributed by atoms with van der Waals surface area (Å²) in [4.78, 5) is 0. The number of hydrogen-bond donors (Lipinski definition) is 0. The molecule has 1 fully saturated rings. The van der Waals surface area contributed by atoms with Gasteiger partial charge in [0, 0.05) is 0 Å². The lowest BCUT2D eigenvalue weighted by atomic mass is 9.75. The molecule has 110 valence electrons. The van der Waals surface area contributed by atoms with Crippen LogP contribution in [0.3, 0.4) is 0 Å². The molecule has 0 aromatic rings. The van der Waals surface area contributed by atoms with Gasteiger partial charge in [-0.2, -0.15) is 0 Å². The summed E-state index contributed by atoms with van der Waals surface area (Å²) in [5, 5.41) is 0. The van der Waals surface area contributed by atoms with Crippen LogP contribution in [-0.2, 0) is 9.31 Å². The summed E-state index contributed by atoms with van der Waals surface area (Å²) in [5.41, 5.74) is 2.58. The topological polar surface area (TPSA) is 18.5 Å². The monoisotopic (exact) mass is 274 g/mol. The Balaban J connectivity index is 1.69.